The second-order valence-electron chi connectivity index (χ2n) is 3.28. The fraction of sp³-hybridized carbons (Fsp3) is 0.300. The predicted molar refractivity (Wildman–Crippen MR) is 63.8 cm³/mol. The Labute approximate surface area is 96.1 Å². The molecule has 1 unspecified atom stereocenters. The summed E-state index contributed by atoms with van der Waals surface area (Å²) >= 11 is 0. The van der Waals surface area contributed by atoms with Gasteiger partial charge in [0, 0.05) is 29.4 Å². The number of phenolic OH excluding ortho intramolecular Hbond substituents is 1. The number of hydrogen-bond acceptors (Lipinski definition) is 4. The molecule has 1 aromatic rings. The van der Waals surface area contributed by atoms with Crippen LogP contribution in [0.15, 0.2) is 18.2 Å². The molecule has 1 atom stereocenters. The summed E-state index contributed by atoms with van der Waals surface area (Å²) in [4.78, 5) is 11.6. The fourth-order valence-electron chi connectivity index (χ4n) is 1.15. The number of aromatic hydroxyl groups is 1. The molecule has 0 aliphatic carbocycles. The Morgan fingerprint density at radius 1 is 1.56 bits per heavy atom. The summed E-state index contributed by atoms with van der Waals surface area (Å²) in [5, 5.41) is 12.1. The number of nitrogen functional groups attached to an aromatic ring is 1. The quantitative estimate of drug-likeness (QED) is 0.515. The van der Waals surface area contributed by atoms with E-state index in [0.29, 0.717) is 12.3 Å². The van der Waals surface area contributed by atoms with Gasteiger partial charge in [-0.25, -0.2) is 0 Å². The zero-order valence-electron chi connectivity index (χ0n) is 8.90. The largest absolute Gasteiger partial charge is 0.505 e. The van der Waals surface area contributed by atoms with Gasteiger partial charge in [0.1, 0.15) is 0 Å². The molecule has 0 aromatic heterocycles. The summed E-state index contributed by atoms with van der Waals surface area (Å²) in [5.41, 5.74) is 5.74. The van der Waals surface area contributed by atoms with E-state index >= 15 is 0 Å². The molecule has 0 aliphatic rings. The molecule has 0 saturated heterocycles. The van der Waals surface area contributed by atoms with Crippen molar-refractivity contribution in [2.45, 2.75) is 0 Å². The van der Waals surface area contributed by atoms with Crippen LogP contribution in [0.3, 0.4) is 0 Å². The van der Waals surface area contributed by atoms with Gasteiger partial charge in [-0.15, -0.1) is 0 Å². The summed E-state index contributed by atoms with van der Waals surface area (Å²) in [6, 6.07) is 4.57. The first-order chi connectivity index (χ1) is 7.52. The Bertz CT molecular complexity index is 421. The Morgan fingerprint density at radius 3 is 2.88 bits per heavy atom. The molecule has 1 rings (SSSR count). The van der Waals surface area contributed by atoms with Crippen LogP contribution in [0.25, 0.3) is 0 Å². The van der Waals surface area contributed by atoms with Gasteiger partial charge in [0.2, 0.25) is 0 Å². The van der Waals surface area contributed by atoms with Gasteiger partial charge in [-0.3, -0.25) is 9.00 Å². The summed E-state index contributed by atoms with van der Waals surface area (Å²) < 4.78 is 10.8. The van der Waals surface area contributed by atoms with Crippen molar-refractivity contribution in [2.24, 2.45) is 0 Å². The molecule has 5 nitrogen and oxygen atoms in total. The fourth-order valence-corrected chi connectivity index (χ4v) is 1.54. The average molecular weight is 242 g/mol. The number of para-hydroxylation sites is 1. The number of amides is 1. The molecule has 1 amide bonds. The van der Waals surface area contributed by atoms with E-state index in [0.717, 1.165) is 0 Å². The van der Waals surface area contributed by atoms with Crippen molar-refractivity contribution in [1.29, 1.82) is 0 Å². The molecule has 0 fully saturated rings. The monoisotopic (exact) mass is 242 g/mol. The minimum absolute atomic E-state index is 0.127. The second kappa shape index (κ2) is 5.50. The van der Waals surface area contributed by atoms with Crippen molar-refractivity contribution in [2.75, 3.05) is 24.3 Å². The maximum atomic E-state index is 11.6. The zero-order chi connectivity index (χ0) is 12.1. The minimum atomic E-state index is -0.950. The van der Waals surface area contributed by atoms with E-state index in [-0.39, 0.29) is 17.0 Å². The molecule has 4 N–H and O–H groups in total. The van der Waals surface area contributed by atoms with Crippen molar-refractivity contribution < 1.29 is 14.1 Å². The van der Waals surface area contributed by atoms with Crippen LogP contribution in [0.5, 0.6) is 5.75 Å². The second-order valence-corrected chi connectivity index (χ2v) is 4.83. The van der Waals surface area contributed by atoms with Crippen molar-refractivity contribution in [3.63, 3.8) is 0 Å². The number of hydrogen-bond donors (Lipinski definition) is 3. The lowest BCUT2D eigenvalue weighted by Crippen LogP contribution is -2.27. The number of anilines is 1. The Balaban J connectivity index is 2.66. The SMILES string of the molecule is CS(=O)CCNC(=O)c1cccc(N)c1O. The smallest absolute Gasteiger partial charge is 0.255 e. The highest BCUT2D eigenvalue weighted by Crippen LogP contribution is 2.23. The number of nitrogens with two attached hydrogens (primary N) is 1. The molecule has 0 spiro atoms. The van der Waals surface area contributed by atoms with Crippen LogP contribution in [-0.4, -0.2) is 33.8 Å². The van der Waals surface area contributed by atoms with E-state index in [1.165, 1.54) is 12.1 Å². The number of phenols is 1. The minimum Gasteiger partial charge on any atom is -0.505 e. The molecule has 0 aliphatic heterocycles. The molecule has 1 aromatic carbocycles. The van der Waals surface area contributed by atoms with Crippen LogP contribution in [0.4, 0.5) is 5.69 Å². The molecule has 0 radical (unpaired) electrons. The van der Waals surface area contributed by atoms with Crippen LogP contribution in [0.2, 0.25) is 0 Å². The average Bonchev–Trinajstić information content (AvgIpc) is 2.21. The normalized spacial score (nSPS) is 12.1. The molecule has 16 heavy (non-hydrogen) atoms. The topological polar surface area (TPSA) is 92.4 Å². The molecular weight excluding hydrogens is 228 g/mol. The van der Waals surface area contributed by atoms with Gasteiger partial charge in [-0.05, 0) is 12.1 Å². The van der Waals surface area contributed by atoms with Crippen LogP contribution in [0, 0.1) is 0 Å². The number of nitrogens with one attached hydrogen (secondary N) is 1. The van der Waals surface area contributed by atoms with Gasteiger partial charge in [0.05, 0.1) is 11.3 Å². The highest BCUT2D eigenvalue weighted by molar-refractivity contribution is 7.84. The van der Waals surface area contributed by atoms with E-state index in [1.54, 1.807) is 12.3 Å². The van der Waals surface area contributed by atoms with Gasteiger partial charge in [0.25, 0.3) is 5.91 Å². The van der Waals surface area contributed by atoms with Gasteiger partial charge < -0.3 is 16.2 Å². The van der Waals surface area contributed by atoms with Crippen molar-refractivity contribution in [3.05, 3.63) is 23.8 Å². The highest BCUT2D eigenvalue weighted by Gasteiger charge is 2.12. The highest BCUT2D eigenvalue weighted by atomic mass is 32.2. The number of carbonyl (C=O) groups is 1. The van der Waals surface area contributed by atoms with Gasteiger partial charge in [-0.2, -0.15) is 0 Å². The first kappa shape index (κ1) is 12.5. The molecule has 0 bridgehead atoms. The van der Waals surface area contributed by atoms with Crippen molar-refractivity contribution in [1.82, 2.24) is 5.32 Å². The third-order valence-corrected chi connectivity index (χ3v) is 2.77. The van der Waals surface area contributed by atoms with Crippen molar-refractivity contribution >= 4 is 22.4 Å². The van der Waals surface area contributed by atoms with E-state index < -0.39 is 16.7 Å². The van der Waals surface area contributed by atoms with Crippen LogP contribution in [0.1, 0.15) is 10.4 Å². The number of rotatable bonds is 4. The first-order valence-corrected chi connectivity index (χ1v) is 6.40. The maximum Gasteiger partial charge on any atom is 0.255 e. The molecule has 0 saturated carbocycles. The Kier molecular flexibility index (Phi) is 4.30. The standard InChI is InChI=1S/C10H14N2O3S/c1-16(15)6-5-12-10(14)7-3-2-4-8(11)9(7)13/h2-4,13H,5-6,11H2,1H3,(H,12,14). The lowest BCUT2D eigenvalue weighted by Gasteiger charge is -2.07. The van der Waals surface area contributed by atoms with Gasteiger partial charge in [0.15, 0.2) is 5.75 Å². The third-order valence-electron chi connectivity index (χ3n) is 1.99. The van der Waals surface area contributed by atoms with Gasteiger partial charge in [-0.1, -0.05) is 6.07 Å². The lowest BCUT2D eigenvalue weighted by atomic mass is 10.1. The zero-order valence-corrected chi connectivity index (χ0v) is 9.71. The van der Waals surface area contributed by atoms with E-state index in [2.05, 4.69) is 5.32 Å². The van der Waals surface area contributed by atoms with Crippen LogP contribution < -0.4 is 11.1 Å². The first-order valence-electron chi connectivity index (χ1n) is 4.68. The third kappa shape index (κ3) is 3.23. The summed E-state index contributed by atoms with van der Waals surface area (Å²) in [6.45, 7) is 0.302. The molecule has 0 heterocycles. The van der Waals surface area contributed by atoms with E-state index in [1.807, 2.05) is 0 Å². The lowest BCUT2D eigenvalue weighted by molar-refractivity contribution is 0.0953. The maximum absolute atomic E-state index is 11.6. The van der Waals surface area contributed by atoms with Crippen molar-refractivity contribution in [3.8, 4) is 5.75 Å². The predicted octanol–water partition coefficient (Wildman–Crippen LogP) is 0.0827. The number of carbonyl (C=O) groups excluding carboxylic acids is 1. The molecular formula is C10H14N2O3S. The molecule has 88 valence electrons. The number of benzene rings is 1. The molecule has 6 heteroatoms. The Morgan fingerprint density at radius 2 is 2.25 bits per heavy atom. The van der Waals surface area contributed by atoms with E-state index in [4.69, 9.17) is 5.73 Å². The van der Waals surface area contributed by atoms with Gasteiger partial charge >= 0.3 is 0 Å². The van der Waals surface area contributed by atoms with Crippen LogP contribution in [-0.2, 0) is 10.8 Å². The van der Waals surface area contributed by atoms with E-state index in [9.17, 15) is 14.1 Å². The Hall–Kier alpha value is -1.56. The summed E-state index contributed by atoms with van der Waals surface area (Å²) in [6.07, 6.45) is 1.56. The summed E-state index contributed by atoms with van der Waals surface area (Å²) in [5.74, 6) is -0.262. The van der Waals surface area contributed by atoms with Crippen LogP contribution >= 0.6 is 0 Å². The summed E-state index contributed by atoms with van der Waals surface area (Å²) in [7, 11) is -0.950.